The van der Waals surface area contributed by atoms with Crippen LogP contribution in [0.3, 0.4) is 0 Å². The summed E-state index contributed by atoms with van der Waals surface area (Å²) in [6.45, 7) is 4.43. The van der Waals surface area contributed by atoms with Crippen molar-refractivity contribution in [2.24, 2.45) is 4.99 Å². The van der Waals surface area contributed by atoms with Gasteiger partial charge in [-0.15, -0.1) is 35.7 Å². The van der Waals surface area contributed by atoms with Gasteiger partial charge in [0.15, 0.2) is 5.96 Å². The van der Waals surface area contributed by atoms with Crippen molar-refractivity contribution >= 4 is 41.7 Å². The molecule has 0 saturated carbocycles. The molecule has 2 aliphatic heterocycles. The maximum atomic E-state index is 6.12. The summed E-state index contributed by atoms with van der Waals surface area (Å²) in [5.74, 6) is 0.984. The van der Waals surface area contributed by atoms with Crippen LogP contribution in [0.25, 0.3) is 0 Å². The lowest BCUT2D eigenvalue weighted by atomic mass is 10.1. The van der Waals surface area contributed by atoms with E-state index in [0.717, 1.165) is 58.1 Å². The summed E-state index contributed by atoms with van der Waals surface area (Å²) < 4.78 is 11.9. The quantitative estimate of drug-likeness (QED) is 0.265. The number of halogens is 1. The first-order chi connectivity index (χ1) is 13.3. The average molecular weight is 519 g/mol. The fourth-order valence-corrected chi connectivity index (χ4v) is 4.08. The molecule has 2 fully saturated rings. The van der Waals surface area contributed by atoms with Gasteiger partial charge in [-0.1, -0.05) is 12.1 Å². The predicted molar refractivity (Wildman–Crippen MR) is 128 cm³/mol. The van der Waals surface area contributed by atoms with Gasteiger partial charge in [0.25, 0.3) is 0 Å². The van der Waals surface area contributed by atoms with E-state index in [1.807, 2.05) is 7.05 Å². The summed E-state index contributed by atoms with van der Waals surface area (Å²) >= 11 is 1.77. The number of aliphatic imine (C=N–C) groups is 1. The van der Waals surface area contributed by atoms with Gasteiger partial charge >= 0.3 is 0 Å². The number of likely N-dealkylation sites (tertiary alicyclic amines) is 1. The van der Waals surface area contributed by atoms with Crippen LogP contribution >= 0.6 is 35.7 Å². The summed E-state index contributed by atoms with van der Waals surface area (Å²) in [5, 5.41) is 3.50. The SMILES string of the molecule is CN=C(NCc1ccc(SC)cc1)N1CCC(OCC2CCCCO2)CC1.I. The van der Waals surface area contributed by atoms with Crippen LogP contribution < -0.4 is 5.32 Å². The van der Waals surface area contributed by atoms with E-state index in [1.165, 1.54) is 23.3 Å². The molecule has 0 bridgehead atoms. The molecule has 1 aromatic carbocycles. The lowest BCUT2D eigenvalue weighted by Crippen LogP contribution is -2.47. The summed E-state index contributed by atoms with van der Waals surface area (Å²) in [6.07, 6.45) is 8.48. The summed E-state index contributed by atoms with van der Waals surface area (Å²) in [4.78, 5) is 8.11. The minimum Gasteiger partial charge on any atom is -0.376 e. The van der Waals surface area contributed by atoms with E-state index in [9.17, 15) is 0 Å². The number of thioether (sulfide) groups is 1. The van der Waals surface area contributed by atoms with Gasteiger partial charge in [0.1, 0.15) is 0 Å². The molecule has 1 atom stereocenters. The van der Waals surface area contributed by atoms with E-state index in [1.54, 1.807) is 11.8 Å². The Bertz CT molecular complexity index is 586. The molecule has 1 unspecified atom stereocenters. The van der Waals surface area contributed by atoms with Gasteiger partial charge in [-0.25, -0.2) is 0 Å². The zero-order valence-electron chi connectivity index (χ0n) is 17.1. The third kappa shape index (κ3) is 7.39. The Kier molecular flexibility index (Phi) is 11.0. The highest BCUT2D eigenvalue weighted by atomic mass is 127. The van der Waals surface area contributed by atoms with Crippen LogP contribution in [0.15, 0.2) is 34.2 Å². The Labute approximate surface area is 191 Å². The number of rotatable bonds is 6. The molecule has 5 nitrogen and oxygen atoms in total. The maximum Gasteiger partial charge on any atom is 0.193 e. The number of nitrogens with one attached hydrogen (secondary N) is 1. The summed E-state index contributed by atoms with van der Waals surface area (Å²) in [6, 6.07) is 8.70. The Balaban J connectivity index is 0.00000280. The molecule has 0 spiro atoms. The van der Waals surface area contributed by atoms with Crippen molar-refractivity contribution in [1.29, 1.82) is 0 Å². The van der Waals surface area contributed by atoms with Gasteiger partial charge in [0.05, 0.1) is 18.8 Å². The second kappa shape index (κ2) is 12.9. The van der Waals surface area contributed by atoms with Crippen LogP contribution in [0.5, 0.6) is 0 Å². The molecule has 0 amide bonds. The molecule has 2 heterocycles. The Hall–Kier alpha value is -0.510. The zero-order chi connectivity index (χ0) is 18.9. The first-order valence-corrected chi connectivity index (χ1v) is 11.3. The highest BCUT2D eigenvalue weighted by Gasteiger charge is 2.23. The fourth-order valence-electron chi connectivity index (χ4n) is 3.67. The molecule has 1 N–H and O–H groups in total. The molecule has 28 heavy (non-hydrogen) atoms. The number of hydrogen-bond donors (Lipinski definition) is 1. The minimum atomic E-state index is 0. The van der Waals surface area contributed by atoms with Gasteiger partial charge in [0, 0.05) is 38.2 Å². The topological polar surface area (TPSA) is 46.1 Å². The molecule has 7 heteroatoms. The van der Waals surface area contributed by atoms with Gasteiger partial charge in [-0.3, -0.25) is 4.99 Å². The lowest BCUT2D eigenvalue weighted by molar-refractivity contribution is -0.0721. The zero-order valence-corrected chi connectivity index (χ0v) is 20.2. The van der Waals surface area contributed by atoms with Crippen molar-refractivity contribution in [3.8, 4) is 0 Å². The monoisotopic (exact) mass is 519 g/mol. The molecule has 0 aromatic heterocycles. The van der Waals surface area contributed by atoms with Crippen molar-refractivity contribution < 1.29 is 9.47 Å². The number of guanidine groups is 1. The van der Waals surface area contributed by atoms with Crippen molar-refractivity contribution in [3.63, 3.8) is 0 Å². The standard InChI is InChI=1S/C21H33N3O2S.HI/c1-22-21(23-15-17-6-8-20(27-2)9-7-17)24-12-10-18(11-13-24)26-16-19-5-3-4-14-25-19;/h6-9,18-19H,3-5,10-16H2,1-2H3,(H,22,23);1H. The number of piperidine rings is 1. The fraction of sp³-hybridized carbons (Fsp3) is 0.667. The molecule has 0 radical (unpaired) electrons. The van der Waals surface area contributed by atoms with Crippen LogP contribution in [0.2, 0.25) is 0 Å². The van der Waals surface area contributed by atoms with Gasteiger partial charge in [0.2, 0.25) is 0 Å². The van der Waals surface area contributed by atoms with E-state index in [4.69, 9.17) is 9.47 Å². The smallest absolute Gasteiger partial charge is 0.193 e. The van der Waals surface area contributed by atoms with E-state index >= 15 is 0 Å². The van der Waals surface area contributed by atoms with Crippen LogP contribution in [0.4, 0.5) is 0 Å². The van der Waals surface area contributed by atoms with Gasteiger partial charge in [-0.05, 0) is 56.1 Å². The van der Waals surface area contributed by atoms with Gasteiger partial charge in [-0.2, -0.15) is 0 Å². The molecule has 3 rings (SSSR count). The van der Waals surface area contributed by atoms with Crippen LogP contribution in [-0.2, 0) is 16.0 Å². The highest BCUT2D eigenvalue weighted by Crippen LogP contribution is 2.18. The Morgan fingerprint density at radius 3 is 2.57 bits per heavy atom. The van der Waals surface area contributed by atoms with Crippen molar-refractivity contribution in [3.05, 3.63) is 29.8 Å². The number of hydrogen-bond acceptors (Lipinski definition) is 4. The molecule has 0 aliphatic carbocycles. The van der Waals surface area contributed by atoms with E-state index in [0.29, 0.717) is 12.2 Å². The first-order valence-electron chi connectivity index (χ1n) is 10.1. The summed E-state index contributed by atoms with van der Waals surface area (Å²) in [5.41, 5.74) is 1.28. The van der Waals surface area contributed by atoms with Crippen LogP contribution in [-0.4, -0.2) is 62.7 Å². The third-order valence-electron chi connectivity index (χ3n) is 5.35. The number of ether oxygens (including phenoxy) is 2. The first kappa shape index (κ1) is 23.8. The molecule has 2 aliphatic rings. The van der Waals surface area contributed by atoms with Crippen molar-refractivity contribution in [2.75, 3.05) is 39.6 Å². The maximum absolute atomic E-state index is 6.12. The molecule has 1 aromatic rings. The molecule has 2 saturated heterocycles. The number of benzene rings is 1. The van der Waals surface area contributed by atoms with Crippen LogP contribution in [0, 0.1) is 0 Å². The normalized spacial score (nSPS) is 21.3. The largest absolute Gasteiger partial charge is 0.376 e. The van der Waals surface area contributed by atoms with Crippen molar-refractivity contribution in [2.45, 2.75) is 55.8 Å². The number of nitrogens with zero attached hydrogens (tertiary/aromatic N) is 2. The average Bonchev–Trinajstić information content (AvgIpc) is 2.74. The molecule has 158 valence electrons. The lowest BCUT2D eigenvalue weighted by Gasteiger charge is -2.35. The predicted octanol–water partition coefficient (Wildman–Crippen LogP) is 4.15. The second-order valence-electron chi connectivity index (χ2n) is 7.26. The molecular weight excluding hydrogens is 485 g/mol. The van der Waals surface area contributed by atoms with E-state index < -0.39 is 0 Å². The van der Waals surface area contributed by atoms with Crippen LogP contribution in [0.1, 0.15) is 37.7 Å². The Morgan fingerprint density at radius 2 is 1.96 bits per heavy atom. The highest BCUT2D eigenvalue weighted by molar-refractivity contribution is 14.0. The summed E-state index contributed by atoms with van der Waals surface area (Å²) in [7, 11) is 1.86. The minimum absolute atomic E-state index is 0. The third-order valence-corrected chi connectivity index (χ3v) is 6.10. The van der Waals surface area contributed by atoms with E-state index in [-0.39, 0.29) is 24.0 Å². The Morgan fingerprint density at radius 1 is 1.21 bits per heavy atom. The van der Waals surface area contributed by atoms with Gasteiger partial charge < -0.3 is 19.7 Å². The van der Waals surface area contributed by atoms with E-state index in [2.05, 4.69) is 45.7 Å². The van der Waals surface area contributed by atoms with Crippen molar-refractivity contribution in [1.82, 2.24) is 10.2 Å². The molecular formula is C21H34IN3O2S. The second-order valence-corrected chi connectivity index (χ2v) is 8.14.